The highest BCUT2D eigenvalue weighted by molar-refractivity contribution is 6.22. The first-order valence-electron chi connectivity index (χ1n) is 8.37. The summed E-state index contributed by atoms with van der Waals surface area (Å²) in [5.74, 6) is 0.0878. The Hall–Kier alpha value is -2.46. The number of fused-ring (bicyclic) bond motifs is 3. The molecule has 122 valence electrons. The van der Waals surface area contributed by atoms with E-state index in [1.807, 2.05) is 30.3 Å². The molecular weight excluding hydrogens is 302 g/mol. The van der Waals surface area contributed by atoms with Crippen LogP contribution >= 0.6 is 0 Å². The topological polar surface area (TPSA) is 57.6 Å². The van der Waals surface area contributed by atoms with Crippen LogP contribution in [0.1, 0.15) is 39.1 Å². The molecule has 24 heavy (non-hydrogen) atoms. The van der Waals surface area contributed by atoms with E-state index in [1.54, 1.807) is 17.0 Å². The molecule has 0 radical (unpaired) electrons. The van der Waals surface area contributed by atoms with E-state index >= 15 is 0 Å². The van der Waals surface area contributed by atoms with Gasteiger partial charge in [0.25, 0.3) is 5.91 Å². The van der Waals surface area contributed by atoms with Crippen LogP contribution in [-0.2, 0) is 0 Å². The Morgan fingerprint density at radius 2 is 1.83 bits per heavy atom. The normalized spacial score (nSPS) is 19.1. The molecule has 0 bridgehead atoms. The molecule has 1 saturated heterocycles. The zero-order chi connectivity index (χ0) is 16.7. The highest BCUT2D eigenvalue weighted by Gasteiger charge is 2.29. The zero-order valence-electron chi connectivity index (χ0n) is 13.4. The first-order valence-corrected chi connectivity index (χ1v) is 8.37. The van der Waals surface area contributed by atoms with Gasteiger partial charge in [-0.2, -0.15) is 0 Å². The largest absolute Gasteiger partial charge is 0.396 e. The highest BCUT2D eigenvalue weighted by atomic mass is 16.3. The minimum atomic E-state index is -0.0558. The van der Waals surface area contributed by atoms with Crippen molar-refractivity contribution in [3.63, 3.8) is 0 Å². The van der Waals surface area contributed by atoms with Crippen molar-refractivity contribution in [2.45, 2.75) is 12.8 Å². The lowest BCUT2D eigenvalue weighted by molar-refractivity contribution is 0.0620. The van der Waals surface area contributed by atoms with Gasteiger partial charge in [0.1, 0.15) is 0 Å². The van der Waals surface area contributed by atoms with Crippen LogP contribution in [0.25, 0.3) is 11.1 Å². The van der Waals surface area contributed by atoms with Crippen LogP contribution in [-0.4, -0.2) is 41.4 Å². The monoisotopic (exact) mass is 321 g/mol. The van der Waals surface area contributed by atoms with Crippen molar-refractivity contribution >= 4 is 11.7 Å². The van der Waals surface area contributed by atoms with Crippen LogP contribution < -0.4 is 0 Å². The second-order valence-electron chi connectivity index (χ2n) is 6.58. The van der Waals surface area contributed by atoms with Crippen molar-refractivity contribution in [1.29, 1.82) is 0 Å². The molecule has 0 aromatic heterocycles. The number of likely N-dealkylation sites (tertiary alicyclic amines) is 1. The van der Waals surface area contributed by atoms with Gasteiger partial charge in [-0.05, 0) is 42.0 Å². The van der Waals surface area contributed by atoms with Crippen LogP contribution in [0.3, 0.4) is 0 Å². The van der Waals surface area contributed by atoms with E-state index in [9.17, 15) is 14.7 Å². The summed E-state index contributed by atoms with van der Waals surface area (Å²) in [5.41, 5.74) is 3.70. The molecule has 1 aliphatic heterocycles. The van der Waals surface area contributed by atoms with Gasteiger partial charge in [-0.1, -0.05) is 30.3 Å². The minimum absolute atomic E-state index is 0.0119. The van der Waals surface area contributed by atoms with Crippen LogP contribution in [0.5, 0.6) is 0 Å². The van der Waals surface area contributed by atoms with E-state index in [4.69, 9.17) is 0 Å². The second kappa shape index (κ2) is 5.87. The second-order valence-corrected chi connectivity index (χ2v) is 6.58. The standard InChI is InChI=1S/C20H19NO3/c22-12-13-4-3-9-21(11-13)20(24)14-7-8-16-15-5-1-2-6-17(15)19(23)18(16)10-14/h1-2,5-8,10,13,22H,3-4,9,11-12H2. The summed E-state index contributed by atoms with van der Waals surface area (Å²) in [6.07, 6.45) is 1.87. The van der Waals surface area contributed by atoms with E-state index in [1.165, 1.54) is 0 Å². The molecular formula is C20H19NO3. The predicted molar refractivity (Wildman–Crippen MR) is 91.0 cm³/mol. The molecule has 1 atom stereocenters. The molecule has 4 nitrogen and oxygen atoms in total. The SMILES string of the molecule is O=C1c2ccccc2-c2ccc(C(=O)N3CCCC(CO)C3)cc21. The van der Waals surface area contributed by atoms with E-state index in [0.717, 1.165) is 24.0 Å². The van der Waals surface area contributed by atoms with Gasteiger partial charge in [0.2, 0.25) is 0 Å². The number of carbonyl (C=O) groups is 2. The lowest BCUT2D eigenvalue weighted by Crippen LogP contribution is -2.41. The van der Waals surface area contributed by atoms with Gasteiger partial charge in [0.15, 0.2) is 5.78 Å². The number of piperidine rings is 1. The number of aliphatic hydroxyl groups excluding tert-OH is 1. The maximum absolute atomic E-state index is 12.8. The third-order valence-electron chi connectivity index (χ3n) is 5.04. The molecule has 1 unspecified atom stereocenters. The molecule has 0 spiro atoms. The lowest BCUT2D eigenvalue weighted by Gasteiger charge is -2.32. The number of ketones is 1. The molecule has 4 rings (SSSR count). The molecule has 1 amide bonds. The average Bonchev–Trinajstić information content (AvgIpc) is 2.93. The summed E-state index contributed by atoms with van der Waals surface area (Å²) in [5, 5.41) is 9.34. The Kier molecular flexibility index (Phi) is 3.69. The number of hydrogen-bond acceptors (Lipinski definition) is 3. The Balaban J connectivity index is 1.65. The molecule has 0 saturated carbocycles. The summed E-state index contributed by atoms with van der Waals surface area (Å²) in [6.45, 7) is 1.41. The van der Waals surface area contributed by atoms with Crippen molar-refractivity contribution < 1.29 is 14.7 Å². The first kappa shape index (κ1) is 15.1. The smallest absolute Gasteiger partial charge is 0.253 e. The summed E-state index contributed by atoms with van der Waals surface area (Å²) in [7, 11) is 0. The number of rotatable bonds is 2. The maximum atomic E-state index is 12.8. The van der Waals surface area contributed by atoms with Crippen molar-refractivity contribution in [3.8, 4) is 11.1 Å². The highest BCUT2D eigenvalue weighted by Crippen LogP contribution is 2.37. The lowest BCUT2D eigenvalue weighted by atomic mass is 9.97. The Labute approximate surface area is 140 Å². The minimum Gasteiger partial charge on any atom is -0.396 e. The van der Waals surface area contributed by atoms with Crippen molar-refractivity contribution in [2.24, 2.45) is 5.92 Å². The number of aliphatic hydroxyl groups is 1. The van der Waals surface area contributed by atoms with E-state index < -0.39 is 0 Å². The third kappa shape index (κ3) is 2.34. The fraction of sp³-hybridized carbons (Fsp3) is 0.300. The number of carbonyl (C=O) groups excluding carboxylic acids is 2. The predicted octanol–water partition coefficient (Wildman–Crippen LogP) is 2.74. The summed E-state index contributed by atoms with van der Waals surface area (Å²) in [4.78, 5) is 27.1. The fourth-order valence-electron chi connectivity index (χ4n) is 3.74. The summed E-state index contributed by atoms with van der Waals surface area (Å²) >= 11 is 0. The van der Waals surface area contributed by atoms with Gasteiger partial charge in [-0.15, -0.1) is 0 Å². The van der Waals surface area contributed by atoms with Crippen LogP contribution in [0.15, 0.2) is 42.5 Å². The van der Waals surface area contributed by atoms with Crippen molar-refractivity contribution in [2.75, 3.05) is 19.7 Å². The third-order valence-corrected chi connectivity index (χ3v) is 5.04. The fourth-order valence-corrected chi connectivity index (χ4v) is 3.74. The average molecular weight is 321 g/mol. The molecule has 1 N–H and O–H groups in total. The number of amides is 1. The van der Waals surface area contributed by atoms with Gasteiger partial charge in [0, 0.05) is 36.4 Å². The number of benzene rings is 2. The van der Waals surface area contributed by atoms with Gasteiger partial charge in [0.05, 0.1) is 0 Å². The Morgan fingerprint density at radius 1 is 1.08 bits per heavy atom. The van der Waals surface area contributed by atoms with E-state index in [-0.39, 0.29) is 24.2 Å². The molecule has 2 aromatic rings. The van der Waals surface area contributed by atoms with E-state index in [0.29, 0.717) is 29.8 Å². The van der Waals surface area contributed by atoms with Gasteiger partial charge < -0.3 is 10.0 Å². The Morgan fingerprint density at radius 3 is 2.62 bits per heavy atom. The van der Waals surface area contributed by atoms with Gasteiger partial charge in [-0.3, -0.25) is 9.59 Å². The van der Waals surface area contributed by atoms with Crippen molar-refractivity contribution in [1.82, 2.24) is 4.90 Å². The van der Waals surface area contributed by atoms with Gasteiger partial charge in [-0.25, -0.2) is 0 Å². The number of nitrogens with zero attached hydrogens (tertiary/aromatic N) is 1. The molecule has 1 aliphatic carbocycles. The zero-order valence-corrected chi connectivity index (χ0v) is 13.4. The molecule has 4 heteroatoms. The summed E-state index contributed by atoms with van der Waals surface area (Å²) in [6, 6.07) is 13.0. The van der Waals surface area contributed by atoms with Crippen LogP contribution in [0.2, 0.25) is 0 Å². The van der Waals surface area contributed by atoms with Crippen molar-refractivity contribution in [3.05, 3.63) is 59.2 Å². The maximum Gasteiger partial charge on any atom is 0.253 e. The summed E-state index contributed by atoms with van der Waals surface area (Å²) < 4.78 is 0. The molecule has 1 heterocycles. The number of hydrogen-bond donors (Lipinski definition) is 1. The van der Waals surface area contributed by atoms with E-state index in [2.05, 4.69) is 0 Å². The first-order chi connectivity index (χ1) is 11.7. The molecule has 2 aliphatic rings. The Bertz CT molecular complexity index is 827. The van der Waals surface area contributed by atoms with Gasteiger partial charge >= 0.3 is 0 Å². The van der Waals surface area contributed by atoms with Crippen LogP contribution in [0.4, 0.5) is 0 Å². The molecule has 2 aromatic carbocycles. The van der Waals surface area contributed by atoms with Crippen LogP contribution in [0, 0.1) is 5.92 Å². The molecule has 1 fully saturated rings. The quantitative estimate of drug-likeness (QED) is 0.789.